The first-order valence-corrected chi connectivity index (χ1v) is 6.67. The highest BCUT2D eigenvalue weighted by Gasteiger charge is 2.08. The second kappa shape index (κ2) is 6.24. The van der Waals surface area contributed by atoms with Crippen LogP contribution in [0.25, 0.3) is 0 Å². The molecule has 1 fully saturated rings. The molecule has 66 valence electrons. The molecular weight excluding hydrogens is 172 g/mol. The third-order valence-electron chi connectivity index (χ3n) is 2.45. The molecule has 11 heavy (non-hydrogen) atoms. The average molecular weight is 190 g/mol. The van der Waals surface area contributed by atoms with E-state index in [4.69, 9.17) is 0 Å². The van der Waals surface area contributed by atoms with Crippen molar-refractivity contribution in [1.29, 1.82) is 0 Å². The van der Waals surface area contributed by atoms with E-state index in [0.29, 0.717) is 0 Å². The van der Waals surface area contributed by atoms with Gasteiger partial charge in [0.15, 0.2) is 0 Å². The molecule has 0 radical (unpaired) electrons. The summed E-state index contributed by atoms with van der Waals surface area (Å²) in [6, 6.07) is 0. The van der Waals surface area contributed by atoms with Crippen molar-refractivity contribution in [3.8, 4) is 0 Å². The fraction of sp³-hybridized carbons (Fsp3) is 1.00. The van der Waals surface area contributed by atoms with Gasteiger partial charge in [0.05, 0.1) is 0 Å². The second-order valence-corrected chi connectivity index (χ2v) is 4.94. The number of hydrogen-bond donors (Lipinski definition) is 1. The lowest BCUT2D eigenvalue weighted by Gasteiger charge is -2.10. The first-order valence-electron chi connectivity index (χ1n) is 4.73. The topological polar surface area (TPSA) is 0 Å². The molecule has 0 aromatic carbocycles. The normalized spacial score (nSPS) is 23.7. The van der Waals surface area contributed by atoms with Crippen LogP contribution in [0.5, 0.6) is 0 Å². The number of hydrogen-bond acceptors (Lipinski definition) is 2. The first-order chi connectivity index (χ1) is 5.43. The van der Waals surface area contributed by atoms with Crippen LogP contribution in [0.1, 0.15) is 51.4 Å². The van der Waals surface area contributed by atoms with E-state index in [2.05, 4.69) is 11.7 Å². The van der Waals surface area contributed by atoms with Crippen LogP contribution in [0.4, 0.5) is 0 Å². The zero-order chi connectivity index (χ0) is 7.94. The third-order valence-corrected chi connectivity index (χ3v) is 4.12. The molecular formula is C9H18S2. The van der Waals surface area contributed by atoms with E-state index in [9.17, 15) is 0 Å². The van der Waals surface area contributed by atoms with Gasteiger partial charge in [-0.2, -0.15) is 0 Å². The number of rotatable bonds is 1. The van der Waals surface area contributed by atoms with E-state index in [1.165, 1.54) is 51.4 Å². The standard InChI is InChI=1S/C9H18S2/c10-11-9-7-5-3-1-2-4-6-8-9/h9-10H,1-8H2. The maximum atomic E-state index is 4.30. The third kappa shape index (κ3) is 4.32. The summed E-state index contributed by atoms with van der Waals surface area (Å²) in [6.45, 7) is 0. The Morgan fingerprint density at radius 1 is 0.818 bits per heavy atom. The molecule has 0 atom stereocenters. The summed E-state index contributed by atoms with van der Waals surface area (Å²) in [5.41, 5.74) is 0. The Morgan fingerprint density at radius 3 is 1.73 bits per heavy atom. The lowest BCUT2D eigenvalue weighted by molar-refractivity contribution is 0.624. The van der Waals surface area contributed by atoms with E-state index in [1.807, 2.05) is 0 Å². The maximum absolute atomic E-state index is 4.30. The quantitative estimate of drug-likeness (QED) is 0.480. The molecule has 0 spiro atoms. The molecule has 0 saturated heterocycles. The summed E-state index contributed by atoms with van der Waals surface area (Å²) >= 11 is 4.30. The Labute approximate surface area is 79.3 Å². The summed E-state index contributed by atoms with van der Waals surface area (Å²) in [6.07, 6.45) is 11.5. The molecule has 1 aliphatic rings. The van der Waals surface area contributed by atoms with Crippen molar-refractivity contribution in [2.75, 3.05) is 0 Å². The largest absolute Gasteiger partial charge is 0.111 e. The van der Waals surface area contributed by atoms with Gasteiger partial charge in [-0.15, -0.1) is 11.7 Å². The average Bonchev–Trinajstić information content (AvgIpc) is 2.16. The SMILES string of the molecule is SSC1CCCCCCCC1. The lowest BCUT2D eigenvalue weighted by atomic mass is 10.1. The van der Waals surface area contributed by atoms with E-state index in [1.54, 1.807) is 10.8 Å². The van der Waals surface area contributed by atoms with Crippen molar-refractivity contribution in [2.24, 2.45) is 0 Å². The van der Waals surface area contributed by atoms with Gasteiger partial charge in [0, 0.05) is 5.25 Å². The van der Waals surface area contributed by atoms with Crippen molar-refractivity contribution in [2.45, 2.75) is 56.6 Å². The maximum Gasteiger partial charge on any atom is 0.0149 e. The van der Waals surface area contributed by atoms with Gasteiger partial charge < -0.3 is 0 Å². The molecule has 0 heterocycles. The van der Waals surface area contributed by atoms with Gasteiger partial charge in [-0.25, -0.2) is 0 Å². The van der Waals surface area contributed by atoms with Gasteiger partial charge >= 0.3 is 0 Å². The van der Waals surface area contributed by atoms with Gasteiger partial charge in [-0.3, -0.25) is 0 Å². The van der Waals surface area contributed by atoms with Crippen LogP contribution in [0.2, 0.25) is 0 Å². The molecule has 1 saturated carbocycles. The van der Waals surface area contributed by atoms with Crippen LogP contribution < -0.4 is 0 Å². The molecule has 0 aromatic heterocycles. The van der Waals surface area contributed by atoms with E-state index in [-0.39, 0.29) is 0 Å². The summed E-state index contributed by atoms with van der Waals surface area (Å²) in [4.78, 5) is 0. The van der Waals surface area contributed by atoms with Crippen LogP contribution in [-0.2, 0) is 0 Å². The van der Waals surface area contributed by atoms with Gasteiger partial charge in [0.1, 0.15) is 0 Å². The Morgan fingerprint density at radius 2 is 1.27 bits per heavy atom. The van der Waals surface area contributed by atoms with Crippen LogP contribution in [-0.4, -0.2) is 5.25 Å². The minimum atomic E-state index is 0.844. The minimum absolute atomic E-state index is 0.844. The zero-order valence-corrected chi connectivity index (χ0v) is 8.80. The molecule has 0 aliphatic heterocycles. The predicted octanol–water partition coefficient (Wildman–Crippen LogP) is 4.07. The van der Waals surface area contributed by atoms with E-state index < -0.39 is 0 Å². The highest BCUT2D eigenvalue weighted by molar-refractivity contribution is 8.68. The molecule has 0 unspecified atom stereocenters. The summed E-state index contributed by atoms with van der Waals surface area (Å²) in [5, 5.41) is 0.844. The lowest BCUT2D eigenvalue weighted by Crippen LogP contribution is -1.98. The predicted molar refractivity (Wildman–Crippen MR) is 57.3 cm³/mol. The smallest absolute Gasteiger partial charge is 0.0149 e. The van der Waals surface area contributed by atoms with Crippen molar-refractivity contribution >= 4 is 22.5 Å². The van der Waals surface area contributed by atoms with Crippen LogP contribution in [0.3, 0.4) is 0 Å². The molecule has 0 nitrogen and oxygen atoms in total. The number of thiol groups is 1. The molecule has 0 N–H and O–H groups in total. The molecule has 0 aromatic rings. The molecule has 1 rings (SSSR count). The van der Waals surface area contributed by atoms with Crippen molar-refractivity contribution in [1.82, 2.24) is 0 Å². The minimum Gasteiger partial charge on any atom is -0.111 e. The summed E-state index contributed by atoms with van der Waals surface area (Å²) in [7, 11) is 1.77. The summed E-state index contributed by atoms with van der Waals surface area (Å²) in [5.74, 6) is 0. The van der Waals surface area contributed by atoms with E-state index in [0.717, 1.165) is 5.25 Å². The zero-order valence-electron chi connectivity index (χ0n) is 7.09. The fourth-order valence-corrected chi connectivity index (χ4v) is 2.88. The van der Waals surface area contributed by atoms with Crippen LogP contribution >= 0.6 is 22.5 Å². The fourth-order valence-electron chi connectivity index (χ4n) is 1.70. The Balaban J connectivity index is 2.19. The van der Waals surface area contributed by atoms with Crippen LogP contribution in [0.15, 0.2) is 0 Å². The van der Waals surface area contributed by atoms with Gasteiger partial charge in [0.25, 0.3) is 0 Å². The van der Waals surface area contributed by atoms with Gasteiger partial charge in [-0.05, 0) is 12.8 Å². The van der Waals surface area contributed by atoms with Crippen molar-refractivity contribution in [3.05, 3.63) is 0 Å². The van der Waals surface area contributed by atoms with Crippen molar-refractivity contribution < 1.29 is 0 Å². The highest BCUT2D eigenvalue weighted by atomic mass is 33.1. The summed E-state index contributed by atoms with van der Waals surface area (Å²) < 4.78 is 0. The Kier molecular flexibility index (Phi) is 5.55. The van der Waals surface area contributed by atoms with Crippen molar-refractivity contribution in [3.63, 3.8) is 0 Å². The van der Waals surface area contributed by atoms with Crippen LogP contribution in [0, 0.1) is 0 Å². The Hall–Kier alpha value is 0.700. The molecule has 0 bridgehead atoms. The Bertz CT molecular complexity index is 83.6. The molecule has 2 heteroatoms. The highest BCUT2D eigenvalue weighted by Crippen LogP contribution is 2.27. The molecule has 0 amide bonds. The second-order valence-electron chi connectivity index (χ2n) is 3.43. The monoisotopic (exact) mass is 190 g/mol. The van der Waals surface area contributed by atoms with E-state index >= 15 is 0 Å². The molecule has 1 aliphatic carbocycles. The first kappa shape index (κ1) is 9.79. The van der Waals surface area contributed by atoms with Gasteiger partial charge in [-0.1, -0.05) is 49.3 Å². The van der Waals surface area contributed by atoms with Gasteiger partial charge in [0.2, 0.25) is 0 Å².